The Balaban J connectivity index is 0. The number of unbranched alkanes of at least 4 members (excludes halogenated alkanes) is 10. The molecule has 0 saturated heterocycles. The molecule has 136 valence electrons. The van der Waals surface area contributed by atoms with Gasteiger partial charge in [0.05, 0.1) is 0 Å². The van der Waals surface area contributed by atoms with E-state index >= 15 is 0 Å². The Kier molecular flexibility index (Phi) is 14.5. The minimum absolute atomic E-state index is 0. The summed E-state index contributed by atoms with van der Waals surface area (Å²) in [5, 5.41) is 1.20. The molecular formula is C16H34Cl4SeSn. The van der Waals surface area contributed by atoms with Gasteiger partial charge in [0.25, 0.3) is 0 Å². The van der Waals surface area contributed by atoms with Crippen LogP contribution in [0, 0.1) is 0 Å². The van der Waals surface area contributed by atoms with Crippen molar-refractivity contribution < 1.29 is 0 Å². The van der Waals surface area contributed by atoms with Gasteiger partial charge in [0.1, 0.15) is 0 Å². The van der Waals surface area contributed by atoms with Gasteiger partial charge in [-0.05, 0) is 0 Å². The summed E-state index contributed by atoms with van der Waals surface area (Å²) in [4.78, 5) is 0. The normalized spacial score (nSPS) is 15.0. The first-order chi connectivity index (χ1) is 9.62. The van der Waals surface area contributed by atoms with Crippen molar-refractivity contribution in [2.75, 3.05) is 0 Å². The van der Waals surface area contributed by atoms with Gasteiger partial charge < -0.3 is 0 Å². The molecule has 0 atom stereocenters. The minimum atomic E-state index is -4.46. The number of halogens is 4. The van der Waals surface area contributed by atoms with Crippen LogP contribution in [0.5, 0.6) is 0 Å². The van der Waals surface area contributed by atoms with Gasteiger partial charge in [0.2, 0.25) is 0 Å². The molecule has 0 rings (SSSR count). The van der Waals surface area contributed by atoms with Gasteiger partial charge >= 0.3 is 149 Å². The molecule has 4 radical (unpaired) electrons. The Morgan fingerprint density at radius 3 is 1.09 bits per heavy atom. The first-order valence-electron chi connectivity index (χ1n) is 8.61. The minimum Gasteiger partial charge on any atom is 0 e. The summed E-state index contributed by atoms with van der Waals surface area (Å²) in [6, 6.07) is 0. The Labute approximate surface area is 171 Å². The zero-order valence-corrected chi connectivity index (χ0v) is 21.9. The quantitative estimate of drug-likeness (QED) is 0.146. The number of rotatable bonds is 14. The predicted molar refractivity (Wildman–Crippen MR) is 111 cm³/mol. The molecule has 0 bridgehead atoms. The molecule has 0 nitrogen and oxygen atoms in total. The Bertz CT molecular complexity index is 254. The van der Waals surface area contributed by atoms with Crippen molar-refractivity contribution in [3.8, 4) is 0 Å². The smallest absolute Gasteiger partial charge is 0 e. The summed E-state index contributed by atoms with van der Waals surface area (Å²) >= 11 is 0. The first kappa shape index (κ1) is 26.7. The van der Waals surface area contributed by atoms with Crippen molar-refractivity contribution in [1.29, 1.82) is 0 Å². The van der Waals surface area contributed by atoms with E-state index in [2.05, 4.69) is 13.8 Å². The number of hydrogen-bond acceptors (Lipinski definition) is 0. The molecule has 6 heteroatoms. The first-order valence-corrected chi connectivity index (χ1v) is 20.0. The standard InChI is InChI=1S/C16H34Cl4Se.Sn/c1-3-5-7-9-11-13-15-21(17,18,19,20)16-14-12-10-8-6-4-2;/h3-16H2,1-2H3;. The summed E-state index contributed by atoms with van der Waals surface area (Å²) in [5.74, 6) is 0. The molecule has 0 N–H and O–H groups in total. The van der Waals surface area contributed by atoms with Crippen LogP contribution >= 0.6 is 40.4 Å². The second kappa shape index (κ2) is 12.0. The van der Waals surface area contributed by atoms with E-state index in [1.54, 1.807) is 0 Å². The van der Waals surface area contributed by atoms with Crippen LogP contribution in [-0.2, 0) is 0 Å². The molecule has 0 aliphatic carbocycles. The van der Waals surface area contributed by atoms with Crippen molar-refractivity contribution >= 4 is 71.4 Å². The van der Waals surface area contributed by atoms with Crippen LogP contribution in [0.25, 0.3) is 0 Å². The van der Waals surface area contributed by atoms with Gasteiger partial charge in [-0.3, -0.25) is 0 Å². The van der Waals surface area contributed by atoms with E-state index < -0.39 is 7.09 Å². The van der Waals surface area contributed by atoms with Crippen LogP contribution < -0.4 is 0 Å². The van der Waals surface area contributed by atoms with Crippen molar-refractivity contribution in [2.45, 2.75) is 102 Å². The van der Waals surface area contributed by atoms with Gasteiger partial charge in [0, 0.05) is 23.9 Å². The van der Waals surface area contributed by atoms with E-state index in [9.17, 15) is 0 Å². The van der Waals surface area contributed by atoms with Crippen LogP contribution in [0.3, 0.4) is 0 Å². The maximum Gasteiger partial charge on any atom is 0 e. The van der Waals surface area contributed by atoms with Gasteiger partial charge in [-0.2, -0.15) is 0 Å². The molecule has 0 aromatic rings. The molecule has 0 spiro atoms. The fourth-order valence-corrected chi connectivity index (χ4v) is 11.0. The molecule has 0 aliphatic heterocycles. The molecule has 0 aromatic carbocycles. The molecule has 0 aliphatic rings. The molecule has 0 heterocycles. The van der Waals surface area contributed by atoms with Crippen LogP contribution in [0.1, 0.15) is 90.9 Å². The predicted octanol–water partition coefficient (Wildman–Crippen LogP) is 8.63. The summed E-state index contributed by atoms with van der Waals surface area (Å²) in [5.41, 5.74) is 0. The zero-order valence-electron chi connectivity index (χ0n) is 14.3. The Morgan fingerprint density at radius 1 is 0.500 bits per heavy atom. The third-order valence-corrected chi connectivity index (χ3v) is 15.3. The molecule has 0 fully saturated rings. The van der Waals surface area contributed by atoms with E-state index in [0.717, 1.165) is 25.7 Å². The van der Waals surface area contributed by atoms with Crippen molar-refractivity contribution in [1.82, 2.24) is 0 Å². The maximum absolute atomic E-state index is 6.59. The molecular weight excluding hydrogens is 532 g/mol. The summed E-state index contributed by atoms with van der Waals surface area (Å²) in [6.45, 7) is 4.44. The zero-order chi connectivity index (χ0) is 16.3. The Morgan fingerprint density at radius 2 is 0.773 bits per heavy atom. The number of hydrogen-bond donors (Lipinski definition) is 0. The largest absolute Gasteiger partial charge is 0 e. The Hall–Kier alpha value is 2.48. The third kappa shape index (κ3) is 17.3. The SMILES string of the molecule is CCCCCCCC[Se](Cl)(Cl)(Cl)(Cl)CCCCCCCC.[Sn]. The van der Waals surface area contributed by atoms with Crippen LogP contribution in [0.2, 0.25) is 10.6 Å². The second-order valence-corrected chi connectivity index (χ2v) is 37.7. The summed E-state index contributed by atoms with van der Waals surface area (Å²) in [7, 11) is 21.9. The van der Waals surface area contributed by atoms with Crippen molar-refractivity contribution in [2.24, 2.45) is 0 Å². The average Bonchev–Trinajstić information content (AvgIpc) is 2.37. The molecule has 0 aromatic heterocycles. The fourth-order valence-electron chi connectivity index (χ4n) is 2.51. The second-order valence-electron chi connectivity index (χ2n) is 6.37. The molecule has 0 amide bonds. The third-order valence-electron chi connectivity index (χ3n) is 3.90. The molecule has 22 heavy (non-hydrogen) atoms. The van der Waals surface area contributed by atoms with E-state index in [-0.39, 0.29) is 23.9 Å². The van der Waals surface area contributed by atoms with E-state index in [1.807, 2.05) is 0 Å². The van der Waals surface area contributed by atoms with Gasteiger partial charge in [-0.1, -0.05) is 0 Å². The van der Waals surface area contributed by atoms with Crippen molar-refractivity contribution in [3.05, 3.63) is 0 Å². The van der Waals surface area contributed by atoms with Crippen LogP contribution in [0.15, 0.2) is 0 Å². The van der Waals surface area contributed by atoms with Gasteiger partial charge in [-0.15, -0.1) is 0 Å². The van der Waals surface area contributed by atoms with E-state index in [4.69, 9.17) is 40.4 Å². The van der Waals surface area contributed by atoms with E-state index in [1.165, 1.54) is 51.4 Å². The van der Waals surface area contributed by atoms with E-state index in [0.29, 0.717) is 10.6 Å². The fraction of sp³-hybridized carbons (Fsp3) is 1.00. The van der Waals surface area contributed by atoms with Crippen LogP contribution in [0.4, 0.5) is 0 Å². The van der Waals surface area contributed by atoms with Gasteiger partial charge in [0.15, 0.2) is 0 Å². The summed E-state index contributed by atoms with van der Waals surface area (Å²) in [6.07, 6.45) is 14.3. The summed E-state index contributed by atoms with van der Waals surface area (Å²) < 4.78 is 0. The van der Waals surface area contributed by atoms with Crippen LogP contribution in [-0.4, -0.2) is 31.0 Å². The monoisotopic (exact) mass is 566 g/mol. The average molecular weight is 566 g/mol. The molecule has 0 unspecified atom stereocenters. The molecule has 0 saturated carbocycles. The van der Waals surface area contributed by atoms with Gasteiger partial charge in [-0.25, -0.2) is 0 Å². The maximum atomic E-state index is 6.59. The van der Waals surface area contributed by atoms with Crippen molar-refractivity contribution in [3.63, 3.8) is 0 Å². The topological polar surface area (TPSA) is 0 Å².